The lowest BCUT2D eigenvalue weighted by atomic mass is 9.93. The van der Waals surface area contributed by atoms with E-state index in [2.05, 4.69) is 26.6 Å². The lowest BCUT2D eigenvalue weighted by Crippen LogP contribution is -2.27. The normalized spacial score (nSPS) is 15.7. The number of aryl methyl sites for hydroxylation is 1. The molecule has 0 saturated heterocycles. The first-order valence-corrected chi connectivity index (χ1v) is 7.35. The molecule has 5 heteroatoms. The minimum absolute atomic E-state index is 0.0442. The highest BCUT2D eigenvalue weighted by Crippen LogP contribution is 2.49. The van der Waals surface area contributed by atoms with Crippen molar-refractivity contribution in [2.75, 3.05) is 5.32 Å². The number of hydrogen-bond acceptors (Lipinski definition) is 3. The molecule has 0 unspecified atom stereocenters. The van der Waals surface area contributed by atoms with Gasteiger partial charge in [-0.2, -0.15) is 5.10 Å². The van der Waals surface area contributed by atoms with Crippen LogP contribution in [0.5, 0.6) is 0 Å². The largest absolute Gasteiger partial charge is 0.324 e. The number of aromatic nitrogens is 3. The maximum Gasteiger partial charge on any atom is 0.235 e. The molecule has 0 aliphatic heterocycles. The average molecular weight is 292 g/mol. The lowest BCUT2D eigenvalue weighted by Gasteiger charge is -2.16. The second-order valence-corrected chi connectivity index (χ2v) is 5.94. The molecule has 0 radical (unpaired) electrons. The van der Waals surface area contributed by atoms with Crippen molar-refractivity contribution < 1.29 is 4.79 Å². The van der Waals surface area contributed by atoms with Crippen LogP contribution in [0.4, 0.5) is 5.69 Å². The summed E-state index contributed by atoms with van der Waals surface area (Å²) in [5, 5.41) is 10.6. The smallest absolute Gasteiger partial charge is 0.235 e. The molecule has 4 rings (SSSR count). The van der Waals surface area contributed by atoms with Crippen molar-refractivity contribution in [3.05, 3.63) is 53.9 Å². The van der Waals surface area contributed by atoms with Gasteiger partial charge < -0.3 is 5.32 Å². The van der Waals surface area contributed by atoms with E-state index in [-0.39, 0.29) is 11.3 Å². The quantitative estimate of drug-likeness (QED) is 0.779. The summed E-state index contributed by atoms with van der Waals surface area (Å²) in [4.78, 5) is 17.0. The highest BCUT2D eigenvalue weighted by molar-refractivity contribution is 6.02. The number of amides is 1. The molecule has 1 aromatic carbocycles. The molecule has 0 atom stereocenters. The van der Waals surface area contributed by atoms with Crippen molar-refractivity contribution in [2.45, 2.75) is 25.2 Å². The first-order valence-electron chi connectivity index (χ1n) is 7.35. The summed E-state index contributed by atoms with van der Waals surface area (Å²) in [7, 11) is 0. The zero-order chi connectivity index (χ0) is 15.2. The Labute approximate surface area is 127 Å². The molecule has 1 aliphatic carbocycles. The average Bonchev–Trinajstić information content (AvgIpc) is 3.20. The molecule has 1 amide bonds. The number of hydrogen-bond donors (Lipinski definition) is 2. The molecule has 1 aliphatic rings. The predicted molar refractivity (Wildman–Crippen MR) is 84.6 cm³/mol. The third-order valence-corrected chi connectivity index (χ3v) is 4.30. The van der Waals surface area contributed by atoms with Crippen LogP contribution in [0.15, 0.2) is 42.7 Å². The van der Waals surface area contributed by atoms with E-state index >= 15 is 0 Å². The fraction of sp³-hybridized carbons (Fsp3) is 0.235. The number of pyridine rings is 1. The Hall–Kier alpha value is -2.69. The second-order valence-electron chi connectivity index (χ2n) is 5.94. The van der Waals surface area contributed by atoms with Crippen LogP contribution in [0.2, 0.25) is 0 Å². The number of carbonyl (C=O) groups excluding carboxylic acids is 1. The number of aromatic amines is 1. The number of fused-ring (bicyclic) bond motifs is 1. The van der Waals surface area contributed by atoms with Crippen molar-refractivity contribution in [1.29, 1.82) is 0 Å². The number of rotatable bonds is 3. The minimum atomic E-state index is -0.378. The highest BCUT2D eigenvalue weighted by atomic mass is 16.2. The van der Waals surface area contributed by atoms with Crippen molar-refractivity contribution >= 4 is 22.6 Å². The molecule has 0 spiro atoms. The Morgan fingerprint density at radius 2 is 2.14 bits per heavy atom. The van der Waals surface area contributed by atoms with Crippen molar-refractivity contribution in [1.82, 2.24) is 15.2 Å². The van der Waals surface area contributed by atoms with Crippen molar-refractivity contribution in [2.24, 2.45) is 0 Å². The molecule has 1 fully saturated rings. The molecule has 110 valence electrons. The molecule has 2 N–H and O–H groups in total. The number of nitrogens with one attached hydrogen (secondary N) is 2. The Kier molecular flexibility index (Phi) is 2.76. The molecule has 3 aromatic rings. The topological polar surface area (TPSA) is 70.7 Å². The first kappa shape index (κ1) is 13.0. The summed E-state index contributed by atoms with van der Waals surface area (Å²) >= 11 is 0. The maximum absolute atomic E-state index is 12.7. The van der Waals surface area contributed by atoms with E-state index in [1.807, 2.05) is 31.2 Å². The van der Waals surface area contributed by atoms with Crippen molar-refractivity contribution in [3.63, 3.8) is 0 Å². The number of anilines is 1. The fourth-order valence-corrected chi connectivity index (χ4v) is 2.87. The van der Waals surface area contributed by atoms with E-state index in [0.29, 0.717) is 5.69 Å². The number of H-pyrrole nitrogens is 1. The van der Waals surface area contributed by atoms with Crippen LogP contribution in [-0.2, 0) is 10.2 Å². The van der Waals surface area contributed by atoms with Gasteiger partial charge in [0.05, 0.1) is 23.5 Å². The van der Waals surface area contributed by atoms with E-state index in [9.17, 15) is 4.79 Å². The van der Waals surface area contributed by atoms with Crippen LogP contribution in [-0.4, -0.2) is 21.1 Å². The Morgan fingerprint density at radius 1 is 1.27 bits per heavy atom. The van der Waals surface area contributed by atoms with Gasteiger partial charge in [0, 0.05) is 5.39 Å². The Morgan fingerprint density at radius 3 is 2.91 bits per heavy atom. The zero-order valence-corrected chi connectivity index (χ0v) is 12.3. The van der Waals surface area contributed by atoms with Crippen LogP contribution in [0, 0.1) is 6.92 Å². The van der Waals surface area contributed by atoms with Gasteiger partial charge in [-0.3, -0.25) is 9.89 Å². The molecule has 2 heterocycles. The second kappa shape index (κ2) is 4.66. The van der Waals surface area contributed by atoms with Gasteiger partial charge in [0.1, 0.15) is 0 Å². The van der Waals surface area contributed by atoms with Gasteiger partial charge in [-0.1, -0.05) is 29.8 Å². The zero-order valence-electron chi connectivity index (χ0n) is 12.3. The SMILES string of the molecule is Cc1cccc(C2(C(=O)Nc3cnc4[nH]ncc4c3)CC2)c1. The summed E-state index contributed by atoms with van der Waals surface area (Å²) in [6.45, 7) is 2.05. The van der Waals surface area contributed by atoms with Gasteiger partial charge in [0.25, 0.3) is 0 Å². The molecular weight excluding hydrogens is 276 g/mol. The molecule has 2 aromatic heterocycles. The van der Waals surface area contributed by atoms with Gasteiger partial charge in [-0.15, -0.1) is 0 Å². The van der Waals surface area contributed by atoms with E-state index in [1.54, 1.807) is 12.4 Å². The number of carbonyl (C=O) groups is 1. The van der Waals surface area contributed by atoms with Crippen LogP contribution < -0.4 is 5.32 Å². The molecule has 0 bridgehead atoms. The third kappa shape index (κ3) is 2.06. The first-order chi connectivity index (χ1) is 10.7. The van der Waals surface area contributed by atoms with Gasteiger partial charge >= 0.3 is 0 Å². The van der Waals surface area contributed by atoms with E-state index in [0.717, 1.165) is 29.4 Å². The summed E-state index contributed by atoms with van der Waals surface area (Å²) in [5.41, 5.74) is 3.33. The summed E-state index contributed by atoms with van der Waals surface area (Å²) in [6.07, 6.45) is 5.14. The van der Waals surface area contributed by atoms with Gasteiger partial charge in [-0.25, -0.2) is 4.98 Å². The third-order valence-electron chi connectivity index (χ3n) is 4.30. The summed E-state index contributed by atoms with van der Waals surface area (Å²) in [6, 6.07) is 10.1. The monoisotopic (exact) mass is 292 g/mol. The molecule has 1 saturated carbocycles. The maximum atomic E-state index is 12.7. The lowest BCUT2D eigenvalue weighted by molar-refractivity contribution is -0.118. The van der Waals surface area contributed by atoms with Gasteiger partial charge in [-0.05, 0) is 31.4 Å². The van der Waals surface area contributed by atoms with E-state index in [4.69, 9.17) is 0 Å². The van der Waals surface area contributed by atoms with Gasteiger partial charge in [0.2, 0.25) is 5.91 Å². The van der Waals surface area contributed by atoms with Crippen LogP contribution in [0.3, 0.4) is 0 Å². The van der Waals surface area contributed by atoms with Crippen LogP contribution in [0.25, 0.3) is 11.0 Å². The summed E-state index contributed by atoms with van der Waals surface area (Å²) in [5.74, 6) is 0.0442. The Balaban J connectivity index is 1.61. The van der Waals surface area contributed by atoms with E-state index < -0.39 is 0 Å². The summed E-state index contributed by atoms with van der Waals surface area (Å²) < 4.78 is 0. The molecular formula is C17H16N4O. The van der Waals surface area contributed by atoms with E-state index in [1.165, 1.54) is 5.56 Å². The molecule has 5 nitrogen and oxygen atoms in total. The highest BCUT2D eigenvalue weighted by Gasteiger charge is 2.51. The van der Waals surface area contributed by atoms with Crippen LogP contribution in [0.1, 0.15) is 24.0 Å². The molecule has 22 heavy (non-hydrogen) atoms. The van der Waals surface area contributed by atoms with Crippen LogP contribution >= 0.6 is 0 Å². The fourth-order valence-electron chi connectivity index (χ4n) is 2.87. The van der Waals surface area contributed by atoms with Crippen molar-refractivity contribution in [3.8, 4) is 0 Å². The number of nitrogens with zero attached hydrogens (tertiary/aromatic N) is 2. The Bertz CT molecular complexity index is 864. The minimum Gasteiger partial charge on any atom is -0.324 e. The predicted octanol–water partition coefficient (Wildman–Crippen LogP) is 2.94. The van der Waals surface area contributed by atoms with Gasteiger partial charge in [0.15, 0.2) is 5.65 Å². The number of benzene rings is 1. The standard InChI is InChI=1S/C17H16N4O/c1-11-3-2-4-13(7-11)17(5-6-17)16(22)20-14-8-12-9-19-21-15(12)18-10-14/h2-4,7-10H,5-6H2,1H3,(H,20,22)(H,18,19,21).